The van der Waals surface area contributed by atoms with Gasteiger partial charge in [0, 0.05) is 17.5 Å². The standard InChI is InChI=1S/C16H17ClN2O4S/c1-9-14(15(22)19-13(7-20)8-23-10(2)21)24-16(18-9)11-3-5-12(17)6-4-11/h3-6,13,20H,7-8H2,1-2H3,(H,19,22)/t13-/m0/s1. The monoisotopic (exact) mass is 368 g/mol. The fourth-order valence-corrected chi connectivity index (χ4v) is 3.03. The van der Waals surface area contributed by atoms with Crippen molar-refractivity contribution in [2.45, 2.75) is 19.9 Å². The first-order chi connectivity index (χ1) is 11.4. The molecule has 0 saturated heterocycles. The van der Waals surface area contributed by atoms with E-state index in [1.54, 1.807) is 19.1 Å². The van der Waals surface area contributed by atoms with E-state index >= 15 is 0 Å². The number of aryl methyl sites for hydroxylation is 1. The maximum atomic E-state index is 12.4. The van der Waals surface area contributed by atoms with Crippen LogP contribution in [0.4, 0.5) is 0 Å². The number of amides is 1. The summed E-state index contributed by atoms with van der Waals surface area (Å²) in [6.45, 7) is 2.59. The zero-order valence-corrected chi connectivity index (χ0v) is 14.8. The SMILES string of the molecule is CC(=O)OC[C@H](CO)NC(=O)c1sc(-c2ccc(Cl)cc2)nc1C. The third-order valence-electron chi connectivity index (χ3n) is 3.14. The van der Waals surface area contributed by atoms with Crippen molar-refractivity contribution in [3.05, 3.63) is 39.9 Å². The van der Waals surface area contributed by atoms with Crippen molar-refractivity contribution in [3.63, 3.8) is 0 Å². The molecule has 0 saturated carbocycles. The molecule has 0 bridgehead atoms. The largest absolute Gasteiger partial charge is 0.464 e. The summed E-state index contributed by atoms with van der Waals surface area (Å²) in [6.07, 6.45) is 0. The summed E-state index contributed by atoms with van der Waals surface area (Å²) in [7, 11) is 0. The summed E-state index contributed by atoms with van der Waals surface area (Å²) in [4.78, 5) is 28.0. The third kappa shape index (κ3) is 4.77. The molecule has 0 fully saturated rings. The normalized spacial score (nSPS) is 11.8. The van der Waals surface area contributed by atoms with Gasteiger partial charge in [0.2, 0.25) is 0 Å². The van der Waals surface area contributed by atoms with Gasteiger partial charge in [0.15, 0.2) is 0 Å². The van der Waals surface area contributed by atoms with Crippen molar-refractivity contribution in [2.75, 3.05) is 13.2 Å². The molecule has 2 rings (SSSR count). The number of halogens is 1. The van der Waals surface area contributed by atoms with E-state index in [2.05, 4.69) is 10.3 Å². The maximum absolute atomic E-state index is 12.4. The molecule has 0 spiro atoms. The van der Waals surface area contributed by atoms with Gasteiger partial charge in [-0.3, -0.25) is 9.59 Å². The number of aromatic nitrogens is 1. The number of hydrogen-bond donors (Lipinski definition) is 2. The van der Waals surface area contributed by atoms with Gasteiger partial charge in [-0.25, -0.2) is 4.98 Å². The topological polar surface area (TPSA) is 88.5 Å². The van der Waals surface area contributed by atoms with E-state index in [4.69, 9.17) is 16.3 Å². The number of esters is 1. The highest BCUT2D eigenvalue weighted by atomic mass is 35.5. The van der Waals surface area contributed by atoms with Gasteiger partial charge in [-0.1, -0.05) is 23.7 Å². The Morgan fingerprint density at radius 3 is 2.62 bits per heavy atom. The van der Waals surface area contributed by atoms with Gasteiger partial charge in [0.05, 0.1) is 18.3 Å². The van der Waals surface area contributed by atoms with Crippen molar-refractivity contribution >= 4 is 34.8 Å². The van der Waals surface area contributed by atoms with Gasteiger partial charge in [-0.15, -0.1) is 11.3 Å². The second kappa shape index (κ2) is 8.23. The number of aliphatic hydroxyl groups is 1. The second-order valence-electron chi connectivity index (χ2n) is 5.10. The lowest BCUT2D eigenvalue weighted by Crippen LogP contribution is -2.41. The number of carbonyl (C=O) groups is 2. The highest BCUT2D eigenvalue weighted by molar-refractivity contribution is 7.17. The highest BCUT2D eigenvalue weighted by Gasteiger charge is 2.20. The number of rotatable bonds is 6. The predicted molar refractivity (Wildman–Crippen MR) is 92.3 cm³/mol. The van der Waals surface area contributed by atoms with Crippen LogP contribution in [0.2, 0.25) is 5.02 Å². The first kappa shape index (κ1) is 18.4. The molecule has 0 aliphatic heterocycles. The summed E-state index contributed by atoms with van der Waals surface area (Å²) < 4.78 is 4.81. The minimum Gasteiger partial charge on any atom is -0.464 e. The first-order valence-electron chi connectivity index (χ1n) is 7.19. The van der Waals surface area contributed by atoms with Gasteiger partial charge < -0.3 is 15.2 Å². The lowest BCUT2D eigenvalue weighted by Gasteiger charge is -2.15. The minimum absolute atomic E-state index is 0.0839. The van der Waals surface area contributed by atoms with Crippen LogP contribution >= 0.6 is 22.9 Å². The molecule has 1 heterocycles. The molecule has 0 radical (unpaired) electrons. The number of carbonyl (C=O) groups excluding carboxylic acids is 2. The molecule has 128 valence electrons. The fraction of sp³-hybridized carbons (Fsp3) is 0.312. The van der Waals surface area contributed by atoms with Crippen LogP contribution in [-0.2, 0) is 9.53 Å². The predicted octanol–water partition coefficient (Wildman–Crippen LogP) is 2.43. The van der Waals surface area contributed by atoms with Gasteiger partial charge in [-0.2, -0.15) is 0 Å². The molecule has 24 heavy (non-hydrogen) atoms. The molecule has 1 aromatic carbocycles. The third-order valence-corrected chi connectivity index (χ3v) is 4.59. The maximum Gasteiger partial charge on any atom is 0.302 e. The Morgan fingerprint density at radius 2 is 2.04 bits per heavy atom. The molecule has 2 N–H and O–H groups in total. The average molecular weight is 369 g/mol. The van der Waals surface area contributed by atoms with Gasteiger partial charge in [-0.05, 0) is 19.1 Å². The number of aliphatic hydroxyl groups excluding tert-OH is 1. The summed E-state index contributed by atoms with van der Waals surface area (Å²) in [5.41, 5.74) is 1.46. The van der Waals surface area contributed by atoms with Crippen LogP contribution in [0.25, 0.3) is 10.6 Å². The molecular weight excluding hydrogens is 352 g/mol. The van der Waals surface area contributed by atoms with Crippen molar-refractivity contribution in [1.82, 2.24) is 10.3 Å². The highest BCUT2D eigenvalue weighted by Crippen LogP contribution is 2.28. The van der Waals surface area contributed by atoms with Crippen LogP contribution in [0.3, 0.4) is 0 Å². The lowest BCUT2D eigenvalue weighted by molar-refractivity contribution is -0.141. The summed E-state index contributed by atoms with van der Waals surface area (Å²) in [5, 5.41) is 13.2. The summed E-state index contributed by atoms with van der Waals surface area (Å²) in [6, 6.07) is 6.52. The Hall–Kier alpha value is -1.96. The smallest absolute Gasteiger partial charge is 0.302 e. The molecular formula is C16H17ClN2O4S. The van der Waals surface area contributed by atoms with E-state index in [1.165, 1.54) is 18.3 Å². The molecule has 1 atom stereocenters. The summed E-state index contributed by atoms with van der Waals surface area (Å²) in [5.74, 6) is -0.835. The molecule has 8 heteroatoms. The quantitative estimate of drug-likeness (QED) is 0.764. The van der Waals surface area contributed by atoms with Gasteiger partial charge in [0.25, 0.3) is 5.91 Å². The van der Waals surface area contributed by atoms with Crippen LogP contribution < -0.4 is 5.32 Å². The summed E-state index contributed by atoms with van der Waals surface area (Å²) >= 11 is 7.12. The molecule has 1 aromatic heterocycles. The van der Waals surface area contributed by atoms with E-state index in [1.807, 2.05) is 12.1 Å². The van der Waals surface area contributed by atoms with Crippen LogP contribution in [0.1, 0.15) is 22.3 Å². The van der Waals surface area contributed by atoms with Gasteiger partial charge in [0.1, 0.15) is 16.5 Å². The van der Waals surface area contributed by atoms with Crippen molar-refractivity contribution in [2.24, 2.45) is 0 Å². The average Bonchev–Trinajstić information content (AvgIpc) is 2.93. The Labute approximate surface area is 148 Å². The van der Waals surface area contributed by atoms with Crippen LogP contribution in [0.15, 0.2) is 24.3 Å². The number of nitrogens with one attached hydrogen (secondary N) is 1. The Balaban J connectivity index is 2.12. The number of hydrogen-bond acceptors (Lipinski definition) is 6. The van der Waals surface area contributed by atoms with Gasteiger partial charge >= 0.3 is 5.97 Å². The van der Waals surface area contributed by atoms with Crippen molar-refractivity contribution < 1.29 is 19.4 Å². The Morgan fingerprint density at radius 1 is 1.38 bits per heavy atom. The van der Waals surface area contributed by atoms with Crippen LogP contribution in [-0.4, -0.2) is 41.2 Å². The number of benzene rings is 1. The zero-order valence-electron chi connectivity index (χ0n) is 13.2. The van der Waals surface area contributed by atoms with Crippen molar-refractivity contribution in [1.29, 1.82) is 0 Å². The molecule has 2 aromatic rings. The van der Waals surface area contributed by atoms with Crippen LogP contribution in [0.5, 0.6) is 0 Å². The van der Waals surface area contributed by atoms with Crippen molar-refractivity contribution in [3.8, 4) is 10.6 Å². The van der Waals surface area contributed by atoms with E-state index in [-0.39, 0.29) is 19.1 Å². The zero-order chi connectivity index (χ0) is 17.7. The molecule has 1 amide bonds. The van der Waals surface area contributed by atoms with E-state index in [0.29, 0.717) is 20.6 Å². The second-order valence-corrected chi connectivity index (χ2v) is 6.53. The van der Waals surface area contributed by atoms with E-state index in [9.17, 15) is 14.7 Å². The molecule has 0 aliphatic rings. The number of thiazole rings is 1. The first-order valence-corrected chi connectivity index (χ1v) is 8.38. The van der Waals surface area contributed by atoms with Crippen LogP contribution in [0, 0.1) is 6.92 Å². The molecule has 0 aliphatic carbocycles. The number of ether oxygens (including phenoxy) is 1. The number of nitrogens with zero attached hydrogens (tertiary/aromatic N) is 1. The van der Waals surface area contributed by atoms with E-state index in [0.717, 1.165) is 5.56 Å². The molecule has 6 nitrogen and oxygen atoms in total. The Bertz CT molecular complexity index is 730. The Kier molecular flexibility index (Phi) is 6.30. The fourth-order valence-electron chi connectivity index (χ4n) is 1.93. The molecule has 0 unspecified atom stereocenters. The van der Waals surface area contributed by atoms with E-state index < -0.39 is 12.0 Å². The lowest BCUT2D eigenvalue weighted by atomic mass is 10.2. The minimum atomic E-state index is -0.665.